The Morgan fingerprint density at radius 2 is 2.12 bits per heavy atom. The Labute approximate surface area is 101 Å². The van der Waals surface area contributed by atoms with Crippen molar-refractivity contribution < 1.29 is 9.90 Å². The third kappa shape index (κ3) is 3.89. The zero-order valence-corrected chi connectivity index (χ0v) is 10.8. The highest BCUT2D eigenvalue weighted by Crippen LogP contribution is 2.23. The van der Waals surface area contributed by atoms with E-state index in [9.17, 15) is 4.79 Å². The first kappa shape index (κ1) is 13.1. The van der Waals surface area contributed by atoms with E-state index in [2.05, 4.69) is 25.1 Å². The summed E-state index contributed by atoms with van der Waals surface area (Å²) >= 11 is 1.69. The van der Waals surface area contributed by atoms with Gasteiger partial charge in [-0.3, -0.25) is 4.79 Å². The highest BCUT2D eigenvalue weighted by molar-refractivity contribution is 7.99. The van der Waals surface area contributed by atoms with Crippen molar-refractivity contribution >= 4 is 17.7 Å². The summed E-state index contributed by atoms with van der Waals surface area (Å²) in [4.78, 5) is 10.8. The van der Waals surface area contributed by atoms with E-state index in [1.54, 1.807) is 18.7 Å². The zero-order chi connectivity index (χ0) is 12.1. The third-order valence-electron chi connectivity index (χ3n) is 2.69. The number of aliphatic carboxylic acids is 1. The minimum Gasteiger partial charge on any atom is -0.481 e. The summed E-state index contributed by atoms with van der Waals surface area (Å²) < 4.78 is 0. The van der Waals surface area contributed by atoms with Crippen LogP contribution in [0.4, 0.5) is 0 Å². The average Bonchev–Trinajstić information content (AvgIpc) is 2.24. The van der Waals surface area contributed by atoms with Crippen LogP contribution in [0.3, 0.4) is 0 Å². The first-order valence-electron chi connectivity index (χ1n) is 5.40. The summed E-state index contributed by atoms with van der Waals surface area (Å²) in [6, 6.07) is 8.33. The minimum absolute atomic E-state index is 0.137. The van der Waals surface area contributed by atoms with Crippen molar-refractivity contribution in [2.75, 3.05) is 0 Å². The molecule has 88 valence electrons. The molecule has 0 aliphatic heterocycles. The fourth-order valence-electron chi connectivity index (χ4n) is 1.37. The summed E-state index contributed by atoms with van der Waals surface area (Å²) in [6.45, 7) is 5.80. The normalized spacial score (nSPS) is 14.4. The average molecular weight is 238 g/mol. The molecule has 0 saturated heterocycles. The molecule has 0 fully saturated rings. The van der Waals surface area contributed by atoms with E-state index in [1.165, 1.54) is 11.1 Å². The molecule has 0 aliphatic rings. The molecule has 2 unspecified atom stereocenters. The third-order valence-corrected chi connectivity index (χ3v) is 4.12. The van der Waals surface area contributed by atoms with Gasteiger partial charge in [-0.25, -0.2) is 0 Å². The van der Waals surface area contributed by atoms with Crippen LogP contribution in [0, 0.1) is 12.8 Å². The molecule has 1 N–H and O–H groups in total. The molecule has 0 bridgehead atoms. The maximum absolute atomic E-state index is 10.8. The fourth-order valence-corrected chi connectivity index (χ4v) is 2.41. The lowest BCUT2D eigenvalue weighted by Gasteiger charge is -2.15. The van der Waals surface area contributed by atoms with Crippen molar-refractivity contribution in [3.8, 4) is 0 Å². The number of carboxylic acids is 1. The number of carboxylic acid groups (broad SMARTS) is 1. The Balaban J connectivity index is 2.48. The topological polar surface area (TPSA) is 37.3 Å². The lowest BCUT2D eigenvalue weighted by Crippen LogP contribution is -2.20. The van der Waals surface area contributed by atoms with E-state index in [1.807, 2.05) is 13.0 Å². The van der Waals surface area contributed by atoms with Crippen LogP contribution < -0.4 is 0 Å². The van der Waals surface area contributed by atoms with Gasteiger partial charge in [0.15, 0.2) is 0 Å². The Bertz CT molecular complexity index is 363. The van der Waals surface area contributed by atoms with Gasteiger partial charge >= 0.3 is 5.97 Å². The van der Waals surface area contributed by atoms with E-state index in [4.69, 9.17) is 5.11 Å². The van der Waals surface area contributed by atoms with Crippen molar-refractivity contribution in [3.63, 3.8) is 0 Å². The summed E-state index contributed by atoms with van der Waals surface area (Å²) in [5, 5.41) is 9.02. The molecular formula is C13H18O2S. The van der Waals surface area contributed by atoms with E-state index in [-0.39, 0.29) is 11.2 Å². The summed E-state index contributed by atoms with van der Waals surface area (Å²) in [6.07, 6.45) is 0. The molecule has 16 heavy (non-hydrogen) atoms. The van der Waals surface area contributed by atoms with Gasteiger partial charge in [-0.15, -0.1) is 0 Å². The van der Waals surface area contributed by atoms with Gasteiger partial charge in [0.2, 0.25) is 0 Å². The number of hydrogen-bond acceptors (Lipinski definition) is 2. The Hall–Kier alpha value is -0.960. The van der Waals surface area contributed by atoms with Crippen molar-refractivity contribution in [3.05, 3.63) is 35.4 Å². The Morgan fingerprint density at radius 3 is 2.69 bits per heavy atom. The van der Waals surface area contributed by atoms with E-state index >= 15 is 0 Å². The molecule has 1 aromatic carbocycles. The highest BCUT2D eigenvalue weighted by Gasteiger charge is 2.19. The first-order chi connectivity index (χ1) is 7.50. The van der Waals surface area contributed by atoms with Crippen LogP contribution in [0.1, 0.15) is 25.0 Å². The predicted molar refractivity (Wildman–Crippen MR) is 68.7 cm³/mol. The van der Waals surface area contributed by atoms with E-state index < -0.39 is 5.97 Å². The number of hydrogen-bond donors (Lipinski definition) is 1. The standard InChI is InChI=1S/C13H18O2S/c1-9-5-4-6-12(7-9)8-16-11(3)10(2)13(14)15/h4-7,10-11H,8H2,1-3H3,(H,14,15). The van der Waals surface area contributed by atoms with Gasteiger partial charge in [0.1, 0.15) is 0 Å². The molecule has 1 rings (SSSR count). The lowest BCUT2D eigenvalue weighted by molar-refractivity contribution is -0.140. The maximum Gasteiger partial charge on any atom is 0.307 e. The highest BCUT2D eigenvalue weighted by atomic mass is 32.2. The smallest absolute Gasteiger partial charge is 0.307 e. The number of aryl methyl sites for hydroxylation is 1. The largest absolute Gasteiger partial charge is 0.481 e. The molecular weight excluding hydrogens is 220 g/mol. The molecule has 0 aliphatic carbocycles. The molecule has 0 heterocycles. The molecule has 0 aromatic heterocycles. The molecule has 2 atom stereocenters. The lowest BCUT2D eigenvalue weighted by atomic mass is 10.1. The van der Waals surface area contributed by atoms with Crippen LogP contribution in [0.15, 0.2) is 24.3 Å². The zero-order valence-electron chi connectivity index (χ0n) is 9.93. The first-order valence-corrected chi connectivity index (χ1v) is 6.45. The van der Waals surface area contributed by atoms with Gasteiger partial charge in [-0.1, -0.05) is 43.7 Å². The molecule has 0 radical (unpaired) electrons. The van der Waals surface area contributed by atoms with Crippen LogP contribution in [-0.4, -0.2) is 16.3 Å². The number of rotatable bonds is 5. The predicted octanol–water partition coefficient (Wildman–Crippen LogP) is 3.34. The Morgan fingerprint density at radius 1 is 1.44 bits per heavy atom. The van der Waals surface area contributed by atoms with E-state index in [0.29, 0.717) is 0 Å². The van der Waals surface area contributed by atoms with Crippen LogP contribution in [-0.2, 0) is 10.5 Å². The second-order valence-corrected chi connectivity index (χ2v) is 5.50. The monoisotopic (exact) mass is 238 g/mol. The number of carbonyl (C=O) groups is 1. The van der Waals surface area contributed by atoms with Crippen LogP contribution >= 0.6 is 11.8 Å². The molecule has 0 saturated carbocycles. The van der Waals surface area contributed by atoms with Crippen LogP contribution in [0.25, 0.3) is 0 Å². The molecule has 2 nitrogen and oxygen atoms in total. The van der Waals surface area contributed by atoms with Crippen LogP contribution in [0.2, 0.25) is 0 Å². The van der Waals surface area contributed by atoms with E-state index in [0.717, 1.165) is 5.75 Å². The van der Waals surface area contributed by atoms with Crippen molar-refractivity contribution in [1.82, 2.24) is 0 Å². The Kier molecular flexibility index (Phi) is 4.87. The summed E-state index contributed by atoms with van der Waals surface area (Å²) in [5.74, 6) is -0.139. The second kappa shape index (κ2) is 5.94. The molecule has 1 aromatic rings. The SMILES string of the molecule is Cc1cccc(CSC(C)C(C)C(=O)O)c1. The number of benzene rings is 1. The molecule has 0 amide bonds. The maximum atomic E-state index is 10.8. The summed E-state index contributed by atoms with van der Waals surface area (Å²) in [7, 11) is 0. The van der Waals surface area contributed by atoms with Gasteiger partial charge in [0.05, 0.1) is 5.92 Å². The van der Waals surface area contributed by atoms with Gasteiger partial charge in [0, 0.05) is 11.0 Å². The quantitative estimate of drug-likeness (QED) is 0.855. The minimum atomic E-state index is -0.718. The van der Waals surface area contributed by atoms with Gasteiger partial charge in [-0.05, 0) is 12.5 Å². The second-order valence-electron chi connectivity index (χ2n) is 4.13. The van der Waals surface area contributed by atoms with Gasteiger partial charge in [0.25, 0.3) is 0 Å². The van der Waals surface area contributed by atoms with Gasteiger partial charge < -0.3 is 5.11 Å². The van der Waals surface area contributed by atoms with Gasteiger partial charge in [-0.2, -0.15) is 11.8 Å². The fraction of sp³-hybridized carbons (Fsp3) is 0.462. The number of thioether (sulfide) groups is 1. The van der Waals surface area contributed by atoms with Crippen molar-refractivity contribution in [2.45, 2.75) is 31.8 Å². The summed E-state index contributed by atoms with van der Waals surface area (Å²) in [5.41, 5.74) is 2.51. The molecule has 0 spiro atoms. The van der Waals surface area contributed by atoms with Crippen molar-refractivity contribution in [2.24, 2.45) is 5.92 Å². The van der Waals surface area contributed by atoms with Crippen molar-refractivity contribution in [1.29, 1.82) is 0 Å². The molecule has 3 heteroatoms. The van der Waals surface area contributed by atoms with Crippen LogP contribution in [0.5, 0.6) is 0 Å².